The standard InChI is InChI=1S/C14H19BrClNO/c1-18-14-7-2-10(8-13(14)15)9-17-12-5-3-11(16)4-6-12/h2,7-8,11-12,17H,3-6,9H2,1H3. The number of ether oxygens (including phenoxy) is 1. The highest BCUT2D eigenvalue weighted by molar-refractivity contribution is 9.10. The zero-order chi connectivity index (χ0) is 13.0. The number of halogens is 2. The number of alkyl halides is 1. The summed E-state index contributed by atoms with van der Waals surface area (Å²) in [5.74, 6) is 0.876. The first kappa shape index (κ1) is 14.2. The van der Waals surface area contributed by atoms with Crippen molar-refractivity contribution in [3.05, 3.63) is 28.2 Å². The fourth-order valence-corrected chi connectivity index (χ4v) is 3.18. The number of nitrogens with one attached hydrogen (secondary N) is 1. The van der Waals surface area contributed by atoms with Crippen LogP contribution in [0.5, 0.6) is 5.75 Å². The Hall–Kier alpha value is -0.250. The van der Waals surface area contributed by atoms with Crippen LogP contribution in [0.3, 0.4) is 0 Å². The Balaban J connectivity index is 1.84. The van der Waals surface area contributed by atoms with E-state index in [1.807, 2.05) is 6.07 Å². The van der Waals surface area contributed by atoms with Gasteiger partial charge in [0.15, 0.2) is 0 Å². The zero-order valence-electron chi connectivity index (χ0n) is 10.6. The van der Waals surface area contributed by atoms with Crippen molar-refractivity contribution in [1.29, 1.82) is 0 Å². The second-order valence-electron chi connectivity index (χ2n) is 4.80. The predicted octanol–water partition coefficient (Wildman–Crippen LogP) is 4.10. The maximum Gasteiger partial charge on any atom is 0.133 e. The summed E-state index contributed by atoms with van der Waals surface area (Å²) in [6.45, 7) is 0.903. The molecule has 1 aliphatic carbocycles. The Kier molecular flexibility index (Phi) is 5.34. The van der Waals surface area contributed by atoms with Crippen LogP contribution in [0.15, 0.2) is 22.7 Å². The Morgan fingerprint density at radius 2 is 2.06 bits per heavy atom. The van der Waals surface area contributed by atoms with Gasteiger partial charge in [0.05, 0.1) is 11.6 Å². The summed E-state index contributed by atoms with van der Waals surface area (Å²) >= 11 is 9.62. The van der Waals surface area contributed by atoms with Gasteiger partial charge >= 0.3 is 0 Å². The monoisotopic (exact) mass is 331 g/mol. The van der Waals surface area contributed by atoms with Crippen molar-refractivity contribution in [2.45, 2.75) is 43.6 Å². The van der Waals surface area contributed by atoms with E-state index in [9.17, 15) is 0 Å². The summed E-state index contributed by atoms with van der Waals surface area (Å²) < 4.78 is 6.23. The maximum atomic E-state index is 6.11. The van der Waals surface area contributed by atoms with E-state index in [4.69, 9.17) is 16.3 Å². The van der Waals surface area contributed by atoms with E-state index in [0.29, 0.717) is 11.4 Å². The molecular formula is C14H19BrClNO. The van der Waals surface area contributed by atoms with Crippen molar-refractivity contribution in [1.82, 2.24) is 5.32 Å². The van der Waals surface area contributed by atoms with Gasteiger partial charge in [-0.15, -0.1) is 11.6 Å². The van der Waals surface area contributed by atoms with Crippen LogP contribution in [0.4, 0.5) is 0 Å². The topological polar surface area (TPSA) is 21.3 Å². The van der Waals surface area contributed by atoms with Crippen LogP contribution in [-0.4, -0.2) is 18.5 Å². The SMILES string of the molecule is COc1ccc(CNC2CCC(Cl)CC2)cc1Br. The highest BCUT2D eigenvalue weighted by atomic mass is 79.9. The fourth-order valence-electron chi connectivity index (χ4n) is 2.34. The molecule has 0 spiro atoms. The molecule has 0 bridgehead atoms. The van der Waals surface area contributed by atoms with E-state index in [-0.39, 0.29) is 0 Å². The molecule has 0 unspecified atom stereocenters. The van der Waals surface area contributed by atoms with Crippen LogP contribution in [0.1, 0.15) is 31.2 Å². The van der Waals surface area contributed by atoms with Crippen molar-refractivity contribution in [2.24, 2.45) is 0 Å². The largest absolute Gasteiger partial charge is 0.496 e. The smallest absolute Gasteiger partial charge is 0.133 e. The Morgan fingerprint density at radius 1 is 1.33 bits per heavy atom. The first-order valence-electron chi connectivity index (χ1n) is 6.39. The molecule has 0 aromatic heterocycles. The van der Waals surface area contributed by atoms with Gasteiger partial charge in [-0.3, -0.25) is 0 Å². The van der Waals surface area contributed by atoms with Crippen LogP contribution >= 0.6 is 27.5 Å². The van der Waals surface area contributed by atoms with Crippen LogP contribution in [-0.2, 0) is 6.54 Å². The summed E-state index contributed by atoms with van der Waals surface area (Å²) in [4.78, 5) is 0. The molecule has 100 valence electrons. The van der Waals surface area contributed by atoms with Crippen molar-refractivity contribution in [3.63, 3.8) is 0 Å². The molecule has 0 aliphatic heterocycles. The molecule has 1 aliphatic rings. The molecule has 1 aromatic carbocycles. The molecule has 0 atom stereocenters. The van der Waals surface area contributed by atoms with E-state index in [0.717, 1.165) is 29.6 Å². The van der Waals surface area contributed by atoms with Gasteiger partial charge in [0.1, 0.15) is 5.75 Å². The molecule has 1 N–H and O–H groups in total. The first-order chi connectivity index (χ1) is 8.69. The minimum absolute atomic E-state index is 0.387. The van der Waals surface area contributed by atoms with Crippen LogP contribution in [0.2, 0.25) is 0 Å². The third-order valence-electron chi connectivity index (χ3n) is 3.47. The molecule has 2 nitrogen and oxygen atoms in total. The normalized spacial score (nSPS) is 23.9. The van der Waals surface area contributed by atoms with Gasteiger partial charge in [-0.2, -0.15) is 0 Å². The third-order valence-corrected chi connectivity index (χ3v) is 4.52. The fraction of sp³-hybridized carbons (Fsp3) is 0.571. The molecule has 1 aromatic rings. The van der Waals surface area contributed by atoms with E-state index in [1.54, 1.807) is 7.11 Å². The quantitative estimate of drug-likeness (QED) is 0.838. The van der Waals surface area contributed by atoms with Crippen LogP contribution in [0, 0.1) is 0 Å². The number of methoxy groups -OCH3 is 1. The summed E-state index contributed by atoms with van der Waals surface area (Å²) in [7, 11) is 1.68. The molecule has 4 heteroatoms. The lowest BCUT2D eigenvalue weighted by Crippen LogP contribution is -2.32. The Bertz CT molecular complexity index is 391. The van der Waals surface area contributed by atoms with E-state index in [2.05, 4.69) is 33.4 Å². The highest BCUT2D eigenvalue weighted by Crippen LogP contribution is 2.26. The van der Waals surface area contributed by atoms with Crippen LogP contribution < -0.4 is 10.1 Å². The lowest BCUT2D eigenvalue weighted by Gasteiger charge is -2.26. The molecule has 0 amide bonds. The summed E-state index contributed by atoms with van der Waals surface area (Å²) in [6.07, 6.45) is 4.63. The number of rotatable bonds is 4. The number of hydrogen-bond acceptors (Lipinski definition) is 2. The highest BCUT2D eigenvalue weighted by Gasteiger charge is 2.18. The zero-order valence-corrected chi connectivity index (χ0v) is 12.9. The van der Waals surface area contributed by atoms with Crippen molar-refractivity contribution in [2.75, 3.05) is 7.11 Å². The molecule has 2 rings (SSSR count). The lowest BCUT2D eigenvalue weighted by atomic mass is 9.95. The van der Waals surface area contributed by atoms with E-state index in [1.165, 1.54) is 18.4 Å². The van der Waals surface area contributed by atoms with E-state index >= 15 is 0 Å². The number of hydrogen-bond donors (Lipinski definition) is 1. The lowest BCUT2D eigenvalue weighted by molar-refractivity contribution is 0.376. The van der Waals surface area contributed by atoms with Gasteiger partial charge < -0.3 is 10.1 Å². The van der Waals surface area contributed by atoms with E-state index < -0.39 is 0 Å². The summed E-state index contributed by atoms with van der Waals surface area (Å²) in [6, 6.07) is 6.82. The molecule has 18 heavy (non-hydrogen) atoms. The van der Waals surface area contributed by atoms with Crippen molar-refractivity contribution in [3.8, 4) is 5.75 Å². The minimum atomic E-state index is 0.387. The predicted molar refractivity (Wildman–Crippen MR) is 79.4 cm³/mol. The van der Waals surface area contributed by atoms with Gasteiger partial charge in [0.25, 0.3) is 0 Å². The van der Waals surface area contributed by atoms with Crippen LogP contribution in [0.25, 0.3) is 0 Å². The van der Waals surface area contributed by atoms with Gasteiger partial charge in [-0.05, 0) is 59.3 Å². The summed E-state index contributed by atoms with van der Waals surface area (Å²) in [5, 5.41) is 3.99. The Labute approximate surface area is 122 Å². The second kappa shape index (κ2) is 6.78. The minimum Gasteiger partial charge on any atom is -0.496 e. The molecule has 0 saturated heterocycles. The molecule has 1 saturated carbocycles. The first-order valence-corrected chi connectivity index (χ1v) is 7.62. The van der Waals surface area contributed by atoms with Gasteiger partial charge in [-0.25, -0.2) is 0 Å². The van der Waals surface area contributed by atoms with Crippen molar-refractivity contribution >= 4 is 27.5 Å². The molecule has 1 fully saturated rings. The Morgan fingerprint density at radius 3 is 2.67 bits per heavy atom. The second-order valence-corrected chi connectivity index (χ2v) is 6.27. The summed E-state index contributed by atoms with van der Waals surface area (Å²) in [5.41, 5.74) is 1.27. The van der Waals surface area contributed by atoms with Crippen molar-refractivity contribution < 1.29 is 4.74 Å². The molecule has 0 radical (unpaired) electrons. The molecule has 0 heterocycles. The maximum absolute atomic E-state index is 6.11. The van der Waals surface area contributed by atoms with Gasteiger partial charge in [0, 0.05) is 18.0 Å². The van der Waals surface area contributed by atoms with Gasteiger partial charge in [-0.1, -0.05) is 6.07 Å². The number of benzene rings is 1. The van der Waals surface area contributed by atoms with Gasteiger partial charge in [0.2, 0.25) is 0 Å². The molecular weight excluding hydrogens is 314 g/mol. The third kappa shape index (κ3) is 3.87. The average molecular weight is 333 g/mol. The average Bonchev–Trinajstić information content (AvgIpc) is 2.38.